The summed E-state index contributed by atoms with van der Waals surface area (Å²) in [5.74, 6) is 0.870. The summed E-state index contributed by atoms with van der Waals surface area (Å²) in [6.45, 7) is 4.69. The van der Waals surface area contributed by atoms with Crippen LogP contribution in [0.5, 0.6) is 0 Å². The van der Waals surface area contributed by atoms with Gasteiger partial charge in [0.15, 0.2) is 0 Å². The summed E-state index contributed by atoms with van der Waals surface area (Å²) < 4.78 is 8.61. The molecule has 2 heterocycles. The van der Waals surface area contributed by atoms with Gasteiger partial charge in [-0.25, -0.2) is 0 Å². The molecule has 0 bridgehead atoms. The number of fused-ring (bicyclic) bond motifs is 7. The lowest BCUT2D eigenvalue weighted by molar-refractivity contribution is 0.631. The minimum absolute atomic E-state index is 0.106. The van der Waals surface area contributed by atoms with Crippen LogP contribution in [0.2, 0.25) is 0 Å². The summed E-state index contributed by atoms with van der Waals surface area (Å²) in [7, 11) is 0. The van der Waals surface area contributed by atoms with Gasteiger partial charge in [-0.3, -0.25) is 0 Å². The Morgan fingerprint density at radius 1 is 0.446 bits per heavy atom. The van der Waals surface area contributed by atoms with Gasteiger partial charge >= 0.3 is 0 Å². The molecule has 3 nitrogen and oxygen atoms in total. The predicted octanol–water partition coefficient (Wildman–Crippen LogP) is 14.6. The molecule has 0 spiro atoms. The van der Waals surface area contributed by atoms with Gasteiger partial charge in [-0.2, -0.15) is 0 Å². The van der Waals surface area contributed by atoms with Gasteiger partial charge in [0.2, 0.25) is 0 Å². The second-order valence-corrected chi connectivity index (χ2v) is 15.4. The highest BCUT2D eigenvalue weighted by molar-refractivity contribution is 6.10. The Bertz CT molecular complexity index is 3060. The van der Waals surface area contributed by atoms with Crippen LogP contribution >= 0.6 is 0 Å². The number of para-hydroxylation sites is 3. The van der Waals surface area contributed by atoms with Crippen LogP contribution in [-0.2, 0) is 5.41 Å². The van der Waals surface area contributed by atoms with E-state index in [1.54, 1.807) is 0 Å². The third-order valence-electron chi connectivity index (χ3n) is 11.8. The zero-order valence-corrected chi connectivity index (χ0v) is 31.3. The van der Waals surface area contributed by atoms with E-state index < -0.39 is 0 Å². The summed E-state index contributed by atoms with van der Waals surface area (Å²) in [6.07, 6.45) is 0. The number of anilines is 3. The fourth-order valence-electron chi connectivity index (χ4n) is 8.99. The van der Waals surface area contributed by atoms with Crippen LogP contribution in [0.25, 0.3) is 72.0 Å². The van der Waals surface area contributed by atoms with E-state index in [9.17, 15) is 0 Å². The number of benzene rings is 8. The standard InChI is InChI=1S/C53H38N2O/c1-53(2)47-17-9-7-15-43(47)44-30-29-42(34-48(44)53)54(41-27-22-36(23-28-41)52-33-38-12-6-11-19-51(38)56-52)40-25-20-35(21-26-40)37-24-31-50-46(32-37)45-16-8-10-18-49(45)55(50)39-13-4-3-5-14-39/h3-34H,1-2H3. The third kappa shape index (κ3) is 5.05. The molecule has 11 rings (SSSR count). The van der Waals surface area contributed by atoms with Gasteiger partial charge in [-0.05, 0) is 124 Å². The Balaban J connectivity index is 1.01. The summed E-state index contributed by atoms with van der Waals surface area (Å²) in [4.78, 5) is 2.38. The van der Waals surface area contributed by atoms with Crippen molar-refractivity contribution in [2.45, 2.75) is 19.3 Å². The Hall–Kier alpha value is -7.10. The van der Waals surface area contributed by atoms with E-state index in [1.165, 1.54) is 60.9 Å². The zero-order chi connectivity index (χ0) is 37.4. The van der Waals surface area contributed by atoms with Crippen molar-refractivity contribution in [3.63, 3.8) is 0 Å². The number of nitrogens with zero attached hydrogens (tertiary/aromatic N) is 2. The van der Waals surface area contributed by atoms with Gasteiger partial charge in [0.05, 0.1) is 11.0 Å². The molecule has 0 amide bonds. The molecular formula is C53H38N2O. The molecule has 10 aromatic rings. The molecule has 0 fully saturated rings. The Morgan fingerprint density at radius 3 is 1.88 bits per heavy atom. The van der Waals surface area contributed by atoms with Crippen molar-refractivity contribution in [2.75, 3.05) is 4.90 Å². The number of rotatable bonds is 6. The molecule has 0 aliphatic heterocycles. The van der Waals surface area contributed by atoms with Crippen molar-refractivity contribution >= 4 is 49.8 Å². The molecule has 0 saturated carbocycles. The van der Waals surface area contributed by atoms with Crippen LogP contribution in [0, 0.1) is 0 Å². The average molecular weight is 719 g/mol. The molecule has 1 aliphatic carbocycles. The van der Waals surface area contributed by atoms with Crippen LogP contribution in [0.15, 0.2) is 199 Å². The summed E-state index contributed by atoms with van der Waals surface area (Å²) in [6, 6.07) is 70.1. The van der Waals surface area contributed by atoms with Crippen LogP contribution in [0.3, 0.4) is 0 Å². The topological polar surface area (TPSA) is 21.3 Å². The second-order valence-electron chi connectivity index (χ2n) is 15.4. The summed E-state index contributed by atoms with van der Waals surface area (Å²) in [5.41, 5.74) is 16.5. The van der Waals surface area contributed by atoms with E-state index in [2.05, 4.69) is 199 Å². The van der Waals surface area contributed by atoms with Gasteiger partial charge in [0, 0.05) is 49.9 Å². The Morgan fingerprint density at radius 2 is 1.07 bits per heavy atom. The molecule has 1 aliphatic rings. The fraction of sp³-hybridized carbons (Fsp3) is 0.0566. The van der Waals surface area contributed by atoms with E-state index >= 15 is 0 Å². The number of hydrogen-bond donors (Lipinski definition) is 0. The van der Waals surface area contributed by atoms with Crippen LogP contribution in [0.4, 0.5) is 17.1 Å². The van der Waals surface area contributed by atoms with Crippen molar-refractivity contribution in [3.8, 4) is 39.3 Å². The van der Waals surface area contributed by atoms with E-state index in [4.69, 9.17) is 4.42 Å². The molecule has 0 unspecified atom stereocenters. The lowest BCUT2D eigenvalue weighted by Gasteiger charge is -2.28. The molecule has 3 heteroatoms. The van der Waals surface area contributed by atoms with Crippen molar-refractivity contribution in [1.29, 1.82) is 0 Å². The van der Waals surface area contributed by atoms with Crippen molar-refractivity contribution in [2.24, 2.45) is 0 Å². The summed E-state index contributed by atoms with van der Waals surface area (Å²) >= 11 is 0. The van der Waals surface area contributed by atoms with Crippen LogP contribution in [-0.4, -0.2) is 4.57 Å². The molecule has 56 heavy (non-hydrogen) atoms. The largest absolute Gasteiger partial charge is 0.456 e. The molecule has 0 N–H and O–H groups in total. The quantitative estimate of drug-likeness (QED) is 0.171. The van der Waals surface area contributed by atoms with E-state index in [0.29, 0.717) is 0 Å². The first-order valence-electron chi connectivity index (χ1n) is 19.3. The Labute approximate surface area is 326 Å². The molecular weight excluding hydrogens is 681 g/mol. The van der Waals surface area contributed by atoms with Gasteiger partial charge in [-0.1, -0.05) is 117 Å². The van der Waals surface area contributed by atoms with Crippen molar-refractivity contribution < 1.29 is 4.42 Å². The van der Waals surface area contributed by atoms with Gasteiger partial charge in [0.25, 0.3) is 0 Å². The van der Waals surface area contributed by atoms with Gasteiger partial charge in [0.1, 0.15) is 11.3 Å². The van der Waals surface area contributed by atoms with Crippen LogP contribution in [0.1, 0.15) is 25.0 Å². The lowest BCUT2D eigenvalue weighted by Crippen LogP contribution is -2.16. The SMILES string of the molecule is CC1(C)c2ccccc2-c2ccc(N(c3ccc(-c4ccc5c(c4)c4ccccc4n5-c4ccccc4)cc3)c3ccc(-c4cc5ccccc5o4)cc3)cc21. The highest BCUT2D eigenvalue weighted by Crippen LogP contribution is 2.51. The van der Waals surface area contributed by atoms with E-state index in [-0.39, 0.29) is 5.41 Å². The van der Waals surface area contributed by atoms with Crippen molar-refractivity contribution in [1.82, 2.24) is 4.57 Å². The zero-order valence-electron chi connectivity index (χ0n) is 31.3. The van der Waals surface area contributed by atoms with Gasteiger partial charge in [-0.15, -0.1) is 0 Å². The molecule has 0 saturated heterocycles. The highest BCUT2D eigenvalue weighted by Gasteiger charge is 2.35. The number of hydrogen-bond acceptors (Lipinski definition) is 2. The first-order chi connectivity index (χ1) is 27.5. The second kappa shape index (κ2) is 12.5. The Kier molecular flexibility index (Phi) is 7.20. The van der Waals surface area contributed by atoms with Crippen molar-refractivity contribution in [3.05, 3.63) is 205 Å². The summed E-state index contributed by atoms with van der Waals surface area (Å²) in [5, 5.41) is 3.61. The number of aromatic nitrogens is 1. The first-order valence-corrected chi connectivity index (χ1v) is 19.3. The molecule has 2 aromatic heterocycles. The maximum Gasteiger partial charge on any atom is 0.135 e. The van der Waals surface area contributed by atoms with E-state index in [0.717, 1.165) is 39.4 Å². The fourth-order valence-corrected chi connectivity index (χ4v) is 8.99. The smallest absolute Gasteiger partial charge is 0.135 e. The molecule has 0 radical (unpaired) electrons. The maximum absolute atomic E-state index is 6.24. The third-order valence-corrected chi connectivity index (χ3v) is 11.8. The molecule has 0 atom stereocenters. The minimum atomic E-state index is -0.106. The normalized spacial score (nSPS) is 13.0. The maximum atomic E-state index is 6.24. The lowest BCUT2D eigenvalue weighted by atomic mass is 9.82. The highest BCUT2D eigenvalue weighted by atomic mass is 16.3. The molecule has 266 valence electrons. The minimum Gasteiger partial charge on any atom is -0.456 e. The average Bonchev–Trinajstić information content (AvgIpc) is 3.90. The van der Waals surface area contributed by atoms with E-state index in [1.807, 2.05) is 18.2 Å². The van der Waals surface area contributed by atoms with Crippen LogP contribution < -0.4 is 4.90 Å². The predicted molar refractivity (Wildman–Crippen MR) is 234 cm³/mol. The molecule has 8 aromatic carbocycles. The number of furan rings is 1. The monoisotopic (exact) mass is 718 g/mol. The first kappa shape index (κ1) is 32.3. The van der Waals surface area contributed by atoms with Gasteiger partial charge < -0.3 is 13.9 Å².